The minimum atomic E-state index is -0.439. The highest BCUT2D eigenvalue weighted by atomic mass is 32.1. The Labute approximate surface area is 127 Å². The fourth-order valence-corrected chi connectivity index (χ4v) is 2.69. The molecular weight excluding hydrogens is 284 g/mol. The minimum Gasteiger partial charge on any atom is -0.459 e. The predicted molar refractivity (Wildman–Crippen MR) is 84.2 cm³/mol. The Morgan fingerprint density at radius 2 is 2.14 bits per heavy atom. The van der Waals surface area contributed by atoms with E-state index in [4.69, 9.17) is 15.7 Å². The quantitative estimate of drug-likeness (QED) is 0.692. The highest BCUT2D eigenvalue weighted by Gasteiger charge is 2.20. The molecule has 2 aromatic rings. The zero-order chi connectivity index (χ0) is 15.6. The molecule has 1 aromatic carbocycles. The molecule has 0 aliphatic carbocycles. The average Bonchev–Trinajstić information content (AvgIpc) is 2.89. The Morgan fingerprint density at radius 1 is 1.43 bits per heavy atom. The monoisotopic (exact) mass is 300 g/mol. The first-order valence-corrected chi connectivity index (χ1v) is 7.41. The number of thiophene rings is 1. The van der Waals surface area contributed by atoms with Crippen molar-refractivity contribution in [3.8, 4) is 17.2 Å². The number of nitriles is 1. The van der Waals surface area contributed by atoms with Gasteiger partial charge < -0.3 is 10.5 Å². The van der Waals surface area contributed by atoms with Crippen molar-refractivity contribution in [1.82, 2.24) is 0 Å². The van der Waals surface area contributed by atoms with Crippen LogP contribution in [0.1, 0.15) is 34.6 Å². The number of aryl methyl sites for hydroxylation is 1. The van der Waals surface area contributed by atoms with E-state index in [9.17, 15) is 4.79 Å². The zero-order valence-electron chi connectivity index (χ0n) is 12.1. The van der Waals surface area contributed by atoms with Crippen molar-refractivity contribution in [2.45, 2.75) is 26.9 Å². The van der Waals surface area contributed by atoms with Gasteiger partial charge in [0, 0.05) is 5.69 Å². The van der Waals surface area contributed by atoms with E-state index < -0.39 is 5.97 Å². The van der Waals surface area contributed by atoms with Gasteiger partial charge >= 0.3 is 5.97 Å². The molecule has 0 fully saturated rings. The molecule has 5 heteroatoms. The van der Waals surface area contributed by atoms with E-state index in [1.54, 1.807) is 19.9 Å². The second kappa shape index (κ2) is 5.98. The number of benzene rings is 1. The van der Waals surface area contributed by atoms with E-state index in [1.807, 2.05) is 24.4 Å². The number of nitrogens with two attached hydrogens (primary N) is 1. The molecule has 4 nitrogen and oxygen atoms in total. The van der Waals surface area contributed by atoms with Gasteiger partial charge in [-0.1, -0.05) is 12.1 Å². The number of carbonyl (C=O) groups is 1. The molecule has 108 valence electrons. The van der Waals surface area contributed by atoms with Gasteiger partial charge in [-0.3, -0.25) is 0 Å². The summed E-state index contributed by atoms with van der Waals surface area (Å²) in [6.07, 6.45) is -0.220. The predicted octanol–water partition coefficient (Wildman–Crippen LogP) is 3.74. The Bertz CT molecular complexity index is 726. The number of esters is 1. The Morgan fingerprint density at radius 3 is 2.71 bits per heavy atom. The van der Waals surface area contributed by atoms with Gasteiger partial charge in [-0.2, -0.15) is 5.26 Å². The normalized spacial score (nSPS) is 10.4. The minimum absolute atomic E-state index is 0.220. The number of carbonyl (C=O) groups excluding carboxylic acids is 1. The Kier molecular flexibility index (Phi) is 4.29. The SMILES string of the molecule is Cc1ccc(-c2csc(C#N)c2)c(C(=O)OC(C)C)c1N. The molecule has 0 atom stereocenters. The lowest BCUT2D eigenvalue weighted by atomic mass is 9.97. The molecule has 0 amide bonds. The van der Waals surface area contributed by atoms with Crippen molar-refractivity contribution in [3.05, 3.63) is 39.6 Å². The lowest BCUT2D eigenvalue weighted by molar-refractivity contribution is 0.0380. The molecule has 0 unspecified atom stereocenters. The number of ether oxygens (including phenoxy) is 1. The van der Waals surface area contributed by atoms with Crippen LogP contribution in [0, 0.1) is 18.3 Å². The molecule has 0 radical (unpaired) electrons. The number of hydrogen-bond acceptors (Lipinski definition) is 5. The van der Waals surface area contributed by atoms with Gasteiger partial charge in [0.25, 0.3) is 0 Å². The lowest BCUT2D eigenvalue weighted by Gasteiger charge is -2.15. The number of rotatable bonds is 3. The molecule has 1 aromatic heterocycles. The molecule has 0 saturated carbocycles. The molecule has 0 saturated heterocycles. The zero-order valence-corrected chi connectivity index (χ0v) is 13.0. The van der Waals surface area contributed by atoms with Crippen molar-refractivity contribution in [2.24, 2.45) is 0 Å². The van der Waals surface area contributed by atoms with Crippen molar-refractivity contribution in [2.75, 3.05) is 5.73 Å². The summed E-state index contributed by atoms with van der Waals surface area (Å²) in [5, 5.41) is 10.8. The summed E-state index contributed by atoms with van der Waals surface area (Å²) in [6.45, 7) is 5.43. The second-order valence-electron chi connectivity index (χ2n) is 4.98. The molecule has 2 rings (SSSR count). The summed E-state index contributed by atoms with van der Waals surface area (Å²) in [5.41, 5.74) is 9.18. The van der Waals surface area contributed by atoms with E-state index in [0.29, 0.717) is 21.7 Å². The second-order valence-corrected chi connectivity index (χ2v) is 5.90. The van der Waals surface area contributed by atoms with Crippen molar-refractivity contribution in [3.63, 3.8) is 0 Å². The maximum atomic E-state index is 12.3. The number of nitrogens with zero attached hydrogens (tertiary/aromatic N) is 1. The van der Waals surface area contributed by atoms with E-state index in [2.05, 4.69) is 6.07 Å². The van der Waals surface area contributed by atoms with Crippen LogP contribution >= 0.6 is 11.3 Å². The van der Waals surface area contributed by atoms with E-state index in [0.717, 1.165) is 11.1 Å². The molecular formula is C16H16N2O2S. The lowest BCUT2D eigenvalue weighted by Crippen LogP contribution is -2.15. The number of anilines is 1. The third-order valence-electron chi connectivity index (χ3n) is 3.03. The standard InChI is InChI=1S/C16H16N2O2S/c1-9(2)20-16(19)14-13(5-4-10(3)15(14)18)11-6-12(7-17)21-8-11/h4-6,8-9H,18H2,1-3H3. The smallest absolute Gasteiger partial charge is 0.341 e. The molecule has 0 aliphatic rings. The summed E-state index contributed by atoms with van der Waals surface area (Å²) >= 11 is 1.33. The topological polar surface area (TPSA) is 76.1 Å². The maximum absolute atomic E-state index is 12.3. The molecule has 0 spiro atoms. The largest absolute Gasteiger partial charge is 0.459 e. The van der Waals surface area contributed by atoms with Gasteiger partial charge in [0.05, 0.1) is 11.7 Å². The van der Waals surface area contributed by atoms with E-state index >= 15 is 0 Å². The van der Waals surface area contributed by atoms with E-state index in [1.165, 1.54) is 11.3 Å². The fraction of sp³-hybridized carbons (Fsp3) is 0.250. The molecule has 0 bridgehead atoms. The highest BCUT2D eigenvalue weighted by Crippen LogP contribution is 2.33. The Balaban J connectivity index is 2.58. The van der Waals surface area contributed by atoms with Crippen LogP contribution in [-0.4, -0.2) is 12.1 Å². The maximum Gasteiger partial charge on any atom is 0.341 e. The van der Waals surface area contributed by atoms with Crippen LogP contribution in [0.5, 0.6) is 0 Å². The van der Waals surface area contributed by atoms with Gasteiger partial charge in [-0.15, -0.1) is 11.3 Å². The van der Waals surface area contributed by atoms with Gasteiger partial charge in [-0.25, -0.2) is 4.79 Å². The average molecular weight is 300 g/mol. The van der Waals surface area contributed by atoms with E-state index in [-0.39, 0.29) is 6.10 Å². The first-order valence-electron chi connectivity index (χ1n) is 6.53. The first-order chi connectivity index (χ1) is 9.93. The van der Waals surface area contributed by atoms with Crippen LogP contribution < -0.4 is 5.73 Å². The summed E-state index contributed by atoms with van der Waals surface area (Å²) in [6, 6.07) is 7.55. The van der Waals surface area contributed by atoms with Gasteiger partial charge in [0.1, 0.15) is 10.9 Å². The van der Waals surface area contributed by atoms with Crippen LogP contribution in [-0.2, 0) is 4.74 Å². The van der Waals surface area contributed by atoms with Crippen LogP contribution in [0.2, 0.25) is 0 Å². The number of hydrogen-bond donors (Lipinski definition) is 1. The molecule has 1 heterocycles. The van der Waals surface area contributed by atoms with Crippen molar-refractivity contribution < 1.29 is 9.53 Å². The van der Waals surface area contributed by atoms with Crippen LogP contribution in [0.4, 0.5) is 5.69 Å². The highest BCUT2D eigenvalue weighted by molar-refractivity contribution is 7.10. The van der Waals surface area contributed by atoms with Gasteiger partial charge in [0.2, 0.25) is 0 Å². The van der Waals surface area contributed by atoms with Gasteiger partial charge in [-0.05, 0) is 48.9 Å². The summed E-state index contributed by atoms with van der Waals surface area (Å²) in [4.78, 5) is 12.9. The molecule has 0 aliphatic heterocycles. The fourth-order valence-electron chi connectivity index (χ4n) is 1.99. The summed E-state index contributed by atoms with van der Waals surface area (Å²) in [7, 11) is 0. The van der Waals surface area contributed by atoms with Crippen LogP contribution in [0.15, 0.2) is 23.6 Å². The molecule has 2 N–H and O–H groups in total. The summed E-state index contributed by atoms with van der Waals surface area (Å²) < 4.78 is 5.29. The molecule has 21 heavy (non-hydrogen) atoms. The third kappa shape index (κ3) is 3.06. The number of nitrogen functional groups attached to an aromatic ring is 1. The first kappa shape index (κ1) is 15.1. The van der Waals surface area contributed by atoms with Gasteiger partial charge in [0.15, 0.2) is 0 Å². The summed E-state index contributed by atoms with van der Waals surface area (Å²) in [5.74, 6) is -0.439. The third-order valence-corrected chi connectivity index (χ3v) is 3.87. The van der Waals surface area contributed by atoms with Crippen LogP contribution in [0.3, 0.4) is 0 Å². The van der Waals surface area contributed by atoms with Crippen molar-refractivity contribution >= 4 is 23.0 Å². The van der Waals surface area contributed by atoms with Crippen molar-refractivity contribution in [1.29, 1.82) is 5.26 Å². The van der Waals surface area contributed by atoms with Crippen LogP contribution in [0.25, 0.3) is 11.1 Å². The Hall–Kier alpha value is -2.32.